The van der Waals surface area contributed by atoms with Crippen molar-refractivity contribution in [2.45, 2.75) is 38.5 Å². The molecule has 8 heteroatoms. The number of hydrogen-bond donors (Lipinski definition) is 3. The quantitative estimate of drug-likeness (QED) is 0.579. The van der Waals surface area contributed by atoms with Crippen LogP contribution in [0.4, 0.5) is 0 Å². The van der Waals surface area contributed by atoms with Crippen molar-refractivity contribution in [3.05, 3.63) is 0 Å². The van der Waals surface area contributed by atoms with Gasteiger partial charge in [0.15, 0.2) is 0 Å². The Balaban J connectivity index is 2.89. The second kappa shape index (κ2) is 4.66. The van der Waals surface area contributed by atoms with Crippen molar-refractivity contribution in [2.24, 2.45) is 0 Å². The number of carboxylic acids is 1. The largest absolute Gasteiger partial charge is 0.480 e. The van der Waals surface area contributed by atoms with Gasteiger partial charge >= 0.3 is 5.97 Å². The summed E-state index contributed by atoms with van der Waals surface area (Å²) in [6.45, 7) is 3.10. The summed E-state index contributed by atoms with van der Waals surface area (Å²) in [5, 5.41) is 18.2. The maximum atomic E-state index is 11.7. The highest BCUT2D eigenvalue weighted by atomic mass is 32.2. The Morgan fingerprint density at radius 1 is 1.50 bits per heavy atom. The van der Waals surface area contributed by atoms with E-state index >= 15 is 0 Å². The van der Waals surface area contributed by atoms with Crippen molar-refractivity contribution in [3.8, 4) is 0 Å². The topological polar surface area (TPSA) is 107 Å². The van der Waals surface area contributed by atoms with E-state index in [1.165, 1.54) is 0 Å². The molecule has 1 aliphatic rings. The maximum Gasteiger partial charge on any atom is 0.322 e. The third kappa shape index (κ3) is 2.91. The van der Waals surface area contributed by atoms with Gasteiger partial charge in [0.25, 0.3) is 10.2 Å². The number of aliphatic carboxylic acids is 1. The van der Waals surface area contributed by atoms with Crippen LogP contribution in [0.25, 0.3) is 0 Å². The average Bonchev–Trinajstić information content (AvgIpc) is 2.45. The maximum absolute atomic E-state index is 11.7. The lowest BCUT2D eigenvalue weighted by Crippen LogP contribution is -2.48. The predicted molar refractivity (Wildman–Crippen MR) is 55.9 cm³/mol. The molecule has 0 aromatic rings. The summed E-state index contributed by atoms with van der Waals surface area (Å²) in [5.41, 5.74) is 0. The summed E-state index contributed by atoms with van der Waals surface area (Å²) in [5.74, 6) is -1.24. The Morgan fingerprint density at radius 3 is 2.50 bits per heavy atom. The molecule has 1 fully saturated rings. The molecule has 2 atom stereocenters. The van der Waals surface area contributed by atoms with Crippen LogP contribution in [0.3, 0.4) is 0 Å². The number of carboxylic acid groups (broad SMARTS) is 1. The van der Waals surface area contributed by atoms with E-state index in [4.69, 9.17) is 5.11 Å². The molecular formula is C8H16N2O5S. The molecule has 1 rings (SSSR count). The predicted octanol–water partition coefficient (Wildman–Crippen LogP) is -1.25. The van der Waals surface area contributed by atoms with E-state index in [1.54, 1.807) is 13.8 Å². The average molecular weight is 252 g/mol. The highest BCUT2D eigenvalue weighted by molar-refractivity contribution is 7.87. The van der Waals surface area contributed by atoms with Gasteiger partial charge in [-0.1, -0.05) is 0 Å². The first-order chi connectivity index (χ1) is 7.24. The van der Waals surface area contributed by atoms with Gasteiger partial charge in [-0.2, -0.15) is 17.4 Å². The lowest BCUT2D eigenvalue weighted by Gasteiger charge is -2.22. The van der Waals surface area contributed by atoms with Crippen molar-refractivity contribution in [2.75, 3.05) is 6.54 Å². The molecule has 3 N–H and O–H groups in total. The highest BCUT2D eigenvalue weighted by Gasteiger charge is 2.42. The number of β-amino-alcohol motifs (C(OH)–C–C–N with tert-alkyl or cyclic N) is 1. The molecule has 0 saturated carbocycles. The number of rotatable bonds is 4. The van der Waals surface area contributed by atoms with Crippen LogP contribution in [-0.2, 0) is 15.0 Å². The molecule has 0 amide bonds. The summed E-state index contributed by atoms with van der Waals surface area (Å²) in [6.07, 6.45) is -1.00. The first-order valence-electron chi connectivity index (χ1n) is 4.94. The van der Waals surface area contributed by atoms with Crippen LogP contribution in [0, 0.1) is 0 Å². The number of carbonyl (C=O) groups is 1. The molecule has 0 aromatic heterocycles. The van der Waals surface area contributed by atoms with Crippen LogP contribution < -0.4 is 4.72 Å². The Hall–Kier alpha value is -0.700. The standard InChI is InChI=1S/C8H16N2O5S/c1-5(2)9-16(14,15)10-4-6(11)3-7(10)8(12)13/h5-7,9,11H,3-4H2,1-2H3,(H,12,13)/t6?,7-/m0/s1. The van der Waals surface area contributed by atoms with Crippen LogP contribution in [0.15, 0.2) is 0 Å². The minimum Gasteiger partial charge on any atom is -0.480 e. The minimum absolute atomic E-state index is 0.0751. The number of hydrogen-bond acceptors (Lipinski definition) is 4. The summed E-state index contributed by atoms with van der Waals surface area (Å²) < 4.78 is 26.6. The zero-order chi connectivity index (χ0) is 12.5. The molecule has 0 bridgehead atoms. The monoisotopic (exact) mass is 252 g/mol. The van der Waals surface area contributed by atoms with Gasteiger partial charge in [0.1, 0.15) is 6.04 Å². The van der Waals surface area contributed by atoms with E-state index in [0.29, 0.717) is 0 Å². The second-order valence-corrected chi connectivity index (χ2v) is 5.75. The lowest BCUT2D eigenvalue weighted by molar-refractivity contribution is -0.140. The summed E-state index contributed by atoms with van der Waals surface area (Å²) in [4.78, 5) is 10.8. The number of nitrogens with zero attached hydrogens (tertiary/aromatic N) is 1. The summed E-state index contributed by atoms with van der Waals surface area (Å²) in [6, 6.07) is -1.51. The summed E-state index contributed by atoms with van der Waals surface area (Å²) in [7, 11) is -3.84. The lowest BCUT2D eigenvalue weighted by atomic mass is 10.2. The van der Waals surface area contributed by atoms with Crippen LogP contribution in [0.1, 0.15) is 20.3 Å². The zero-order valence-corrected chi connectivity index (χ0v) is 9.94. The van der Waals surface area contributed by atoms with Crippen molar-refractivity contribution < 1.29 is 23.4 Å². The zero-order valence-electron chi connectivity index (χ0n) is 9.12. The smallest absolute Gasteiger partial charge is 0.322 e. The number of aliphatic hydroxyl groups is 1. The first kappa shape index (κ1) is 13.4. The molecule has 7 nitrogen and oxygen atoms in total. The number of aliphatic hydroxyl groups excluding tert-OH is 1. The van der Waals surface area contributed by atoms with E-state index in [9.17, 15) is 18.3 Å². The number of nitrogens with one attached hydrogen (secondary N) is 1. The summed E-state index contributed by atoms with van der Waals surface area (Å²) >= 11 is 0. The van der Waals surface area contributed by atoms with Crippen molar-refractivity contribution in [1.29, 1.82) is 0 Å². The van der Waals surface area contributed by atoms with Gasteiger partial charge in [-0.05, 0) is 13.8 Å². The fraction of sp³-hybridized carbons (Fsp3) is 0.875. The van der Waals surface area contributed by atoms with Gasteiger partial charge in [-0.15, -0.1) is 0 Å². The van der Waals surface area contributed by atoms with E-state index < -0.39 is 28.3 Å². The Bertz CT molecular complexity index is 367. The molecule has 1 saturated heterocycles. The molecular weight excluding hydrogens is 236 g/mol. The van der Waals surface area contributed by atoms with Gasteiger partial charge in [-0.25, -0.2) is 0 Å². The molecule has 0 radical (unpaired) electrons. The van der Waals surface area contributed by atoms with E-state index in [0.717, 1.165) is 4.31 Å². The van der Waals surface area contributed by atoms with Crippen LogP contribution in [-0.4, -0.2) is 53.6 Å². The molecule has 1 heterocycles. The molecule has 94 valence electrons. The van der Waals surface area contributed by atoms with Crippen molar-refractivity contribution >= 4 is 16.2 Å². The molecule has 16 heavy (non-hydrogen) atoms. The van der Waals surface area contributed by atoms with Crippen LogP contribution in [0.5, 0.6) is 0 Å². The van der Waals surface area contributed by atoms with E-state index in [1.807, 2.05) is 0 Å². The Morgan fingerprint density at radius 2 is 2.06 bits per heavy atom. The fourth-order valence-corrected chi connectivity index (χ4v) is 3.25. The van der Waals surface area contributed by atoms with Gasteiger partial charge in [0.05, 0.1) is 6.10 Å². The first-order valence-corrected chi connectivity index (χ1v) is 6.38. The van der Waals surface area contributed by atoms with Gasteiger partial charge in [0, 0.05) is 19.0 Å². The molecule has 1 aliphatic heterocycles. The van der Waals surface area contributed by atoms with Gasteiger partial charge in [0.2, 0.25) is 0 Å². The highest BCUT2D eigenvalue weighted by Crippen LogP contribution is 2.21. The minimum atomic E-state index is -3.84. The van der Waals surface area contributed by atoms with E-state index in [-0.39, 0.29) is 19.0 Å². The molecule has 0 aliphatic carbocycles. The Labute approximate surface area is 94.2 Å². The van der Waals surface area contributed by atoms with Gasteiger partial charge in [-0.3, -0.25) is 4.79 Å². The second-order valence-electron chi connectivity index (χ2n) is 4.09. The van der Waals surface area contributed by atoms with Crippen molar-refractivity contribution in [3.63, 3.8) is 0 Å². The van der Waals surface area contributed by atoms with Gasteiger partial charge < -0.3 is 10.2 Å². The third-order valence-corrected chi connectivity index (χ3v) is 4.00. The van der Waals surface area contributed by atoms with Crippen molar-refractivity contribution in [1.82, 2.24) is 9.03 Å². The molecule has 1 unspecified atom stereocenters. The van der Waals surface area contributed by atoms with Crippen LogP contribution >= 0.6 is 0 Å². The Kier molecular flexibility index (Phi) is 3.89. The SMILES string of the molecule is CC(C)NS(=O)(=O)N1CC(O)C[C@H]1C(=O)O. The molecule has 0 spiro atoms. The normalized spacial score (nSPS) is 27.5. The molecule has 0 aromatic carbocycles. The van der Waals surface area contributed by atoms with E-state index in [2.05, 4.69) is 4.72 Å². The third-order valence-electron chi connectivity index (χ3n) is 2.21. The fourth-order valence-electron chi connectivity index (χ4n) is 1.64. The van der Waals surface area contributed by atoms with Crippen LogP contribution in [0.2, 0.25) is 0 Å².